The van der Waals surface area contributed by atoms with Gasteiger partial charge in [0.05, 0.1) is 6.04 Å². The first-order chi connectivity index (χ1) is 13.7. The van der Waals surface area contributed by atoms with Gasteiger partial charge in [-0.1, -0.05) is 36.4 Å². The molecule has 2 N–H and O–H groups in total. The largest absolute Gasteiger partial charge is 0.443 e. The molecule has 2 aromatic rings. The first kappa shape index (κ1) is 18.6. The Balaban J connectivity index is 1.45. The highest BCUT2D eigenvalue weighted by molar-refractivity contribution is 5.71. The second-order valence-electron chi connectivity index (χ2n) is 9.65. The number of amides is 1. The second kappa shape index (κ2) is 6.05. The zero-order valence-electron chi connectivity index (χ0n) is 17.0. The van der Waals surface area contributed by atoms with Gasteiger partial charge >= 0.3 is 6.09 Å². The van der Waals surface area contributed by atoms with E-state index in [1.54, 1.807) is 17.0 Å². The maximum atomic E-state index is 13.5. The molecule has 3 saturated carbocycles. The zero-order chi connectivity index (χ0) is 20.4. The lowest BCUT2D eigenvalue weighted by atomic mass is 9.35. The summed E-state index contributed by atoms with van der Waals surface area (Å²) in [5.74, 6) is -0.285. The van der Waals surface area contributed by atoms with Crippen LogP contribution in [0.1, 0.15) is 55.8 Å². The Kier molecular flexibility index (Phi) is 3.88. The highest BCUT2D eigenvalue weighted by atomic mass is 19.1. The fraction of sp³-hybridized carbons (Fsp3) is 0.458. The van der Waals surface area contributed by atoms with E-state index in [-0.39, 0.29) is 28.9 Å². The molecule has 0 saturated heterocycles. The zero-order valence-corrected chi connectivity index (χ0v) is 17.0. The fourth-order valence-corrected chi connectivity index (χ4v) is 5.66. The third-order valence-electron chi connectivity index (χ3n) is 7.39. The number of nitrogens with two attached hydrogens (primary N) is 1. The number of carbonyl (C=O) groups excluding carboxylic acids is 1. The molecule has 0 spiro atoms. The van der Waals surface area contributed by atoms with E-state index < -0.39 is 5.60 Å². The fourth-order valence-electron chi connectivity index (χ4n) is 5.66. The van der Waals surface area contributed by atoms with Crippen LogP contribution < -0.4 is 5.73 Å². The summed E-state index contributed by atoms with van der Waals surface area (Å²) in [5, 5.41) is 0. The van der Waals surface area contributed by atoms with E-state index in [0.717, 1.165) is 36.8 Å². The summed E-state index contributed by atoms with van der Waals surface area (Å²) < 4.78 is 19.6. The standard InChI is InChI=1S/C24H27FN2O2/c1-22(2,23-13-24(26,14-23)15-23)29-21(28)27-12-11-16-5-3-4-6-19(16)20(27)17-7-9-18(25)10-8-17/h3-10,20H,11-15,26H2,1-2H3. The van der Waals surface area contributed by atoms with E-state index >= 15 is 0 Å². The van der Waals surface area contributed by atoms with Gasteiger partial charge in [0, 0.05) is 17.5 Å². The Labute approximate surface area is 170 Å². The van der Waals surface area contributed by atoms with E-state index in [4.69, 9.17) is 10.5 Å². The van der Waals surface area contributed by atoms with Crippen LogP contribution in [-0.2, 0) is 11.2 Å². The summed E-state index contributed by atoms with van der Waals surface area (Å²) >= 11 is 0. The Morgan fingerprint density at radius 1 is 1.14 bits per heavy atom. The van der Waals surface area contributed by atoms with Gasteiger partial charge < -0.3 is 10.5 Å². The topological polar surface area (TPSA) is 55.6 Å². The van der Waals surface area contributed by atoms with Crippen LogP contribution >= 0.6 is 0 Å². The SMILES string of the molecule is CC(C)(OC(=O)N1CCc2ccccc2C1c1ccc(F)cc1)C12CC(N)(C1)C2. The molecule has 1 heterocycles. The van der Waals surface area contributed by atoms with E-state index in [1.165, 1.54) is 17.7 Å². The monoisotopic (exact) mass is 394 g/mol. The molecule has 0 radical (unpaired) electrons. The van der Waals surface area contributed by atoms with Crippen LogP contribution in [0.5, 0.6) is 0 Å². The summed E-state index contributed by atoms with van der Waals surface area (Å²) in [6.45, 7) is 4.59. The van der Waals surface area contributed by atoms with Gasteiger partial charge in [0.15, 0.2) is 0 Å². The Hall–Kier alpha value is -2.40. The molecule has 3 aliphatic carbocycles. The molecule has 6 rings (SSSR count). The van der Waals surface area contributed by atoms with Crippen molar-refractivity contribution in [3.63, 3.8) is 0 Å². The molecule has 3 fully saturated rings. The molecular formula is C24H27FN2O2. The second-order valence-corrected chi connectivity index (χ2v) is 9.65. The van der Waals surface area contributed by atoms with Crippen molar-refractivity contribution in [2.75, 3.05) is 6.54 Å². The third kappa shape index (κ3) is 2.78. The number of hydrogen-bond donors (Lipinski definition) is 1. The lowest BCUT2D eigenvalue weighted by Gasteiger charge is -2.73. The van der Waals surface area contributed by atoms with Gasteiger partial charge in [-0.2, -0.15) is 0 Å². The third-order valence-corrected chi connectivity index (χ3v) is 7.39. The number of carbonyl (C=O) groups is 1. The minimum Gasteiger partial charge on any atom is -0.443 e. The van der Waals surface area contributed by atoms with Gasteiger partial charge in [-0.15, -0.1) is 0 Å². The molecule has 5 heteroatoms. The van der Waals surface area contributed by atoms with Crippen molar-refractivity contribution in [2.24, 2.45) is 11.1 Å². The van der Waals surface area contributed by atoms with Gasteiger partial charge in [-0.3, -0.25) is 4.90 Å². The molecular weight excluding hydrogens is 367 g/mol. The number of rotatable bonds is 3. The van der Waals surface area contributed by atoms with Gasteiger partial charge in [0.25, 0.3) is 0 Å². The molecule has 1 amide bonds. The molecule has 29 heavy (non-hydrogen) atoms. The highest BCUT2D eigenvalue weighted by Crippen LogP contribution is 2.71. The number of hydrogen-bond acceptors (Lipinski definition) is 3. The van der Waals surface area contributed by atoms with E-state index in [1.807, 2.05) is 32.0 Å². The predicted octanol–water partition coefficient (Wildman–Crippen LogP) is 4.57. The Morgan fingerprint density at radius 3 is 2.45 bits per heavy atom. The van der Waals surface area contributed by atoms with Crippen LogP contribution in [0.3, 0.4) is 0 Å². The van der Waals surface area contributed by atoms with E-state index in [9.17, 15) is 9.18 Å². The quantitative estimate of drug-likeness (QED) is 0.830. The summed E-state index contributed by atoms with van der Waals surface area (Å²) in [5.41, 5.74) is 8.82. The molecule has 4 aliphatic rings. The molecule has 1 aliphatic heterocycles. The van der Waals surface area contributed by atoms with Crippen molar-refractivity contribution in [2.45, 2.75) is 56.7 Å². The van der Waals surface area contributed by atoms with Crippen molar-refractivity contribution in [3.05, 3.63) is 71.0 Å². The molecule has 1 atom stereocenters. The Bertz CT molecular complexity index is 949. The van der Waals surface area contributed by atoms with E-state index in [0.29, 0.717) is 6.54 Å². The minimum absolute atomic E-state index is 0.0104. The maximum Gasteiger partial charge on any atom is 0.411 e. The lowest BCUT2D eigenvalue weighted by Crippen LogP contribution is -2.78. The average Bonchev–Trinajstić information content (AvgIpc) is 2.64. The number of ether oxygens (including phenoxy) is 1. The van der Waals surface area contributed by atoms with Gasteiger partial charge in [-0.05, 0) is 68.4 Å². The van der Waals surface area contributed by atoms with E-state index in [2.05, 4.69) is 6.07 Å². The number of benzene rings is 2. The first-order valence-corrected chi connectivity index (χ1v) is 10.3. The van der Waals surface area contributed by atoms with Gasteiger partial charge in [0.2, 0.25) is 0 Å². The van der Waals surface area contributed by atoms with Crippen molar-refractivity contribution in [1.82, 2.24) is 4.90 Å². The summed E-state index contributed by atoms with van der Waals surface area (Å²) in [6, 6.07) is 14.3. The molecule has 152 valence electrons. The summed E-state index contributed by atoms with van der Waals surface area (Å²) in [7, 11) is 0. The maximum absolute atomic E-state index is 13.5. The van der Waals surface area contributed by atoms with Crippen molar-refractivity contribution < 1.29 is 13.9 Å². The van der Waals surface area contributed by atoms with Crippen molar-refractivity contribution in [3.8, 4) is 0 Å². The van der Waals surface area contributed by atoms with Crippen LogP contribution in [0.15, 0.2) is 48.5 Å². The van der Waals surface area contributed by atoms with Crippen LogP contribution in [0.2, 0.25) is 0 Å². The first-order valence-electron chi connectivity index (χ1n) is 10.3. The van der Waals surface area contributed by atoms with Crippen LogP contribution in [-0.4, -0.2) is 28.7 Å². The smallest absolute Gasteiger partial charge is 0.411 e. The van der Waals surface area contributed by atoms with Crippen molar-refractivity contribution in [1.29, 1.82) is 0 Å². The molecule has 0 aromatic heterocycles. The van der Waals surface area contributed by atoms with Gasteiger partial charge in [0.1, 0.15) is 11.4 Å². The Morgan fingerprint density at radius 2 is 1.79 bits per heavy atom. The van der Waals surface area contributed by atoms with Crippen LogP contribution in [0.25, 0.3) is 0 Å². The number of fused-ring (bicyclic) bond motifs is 1. The average molecular weight is 394 g/mol. The molecule has 2 bridgehead atoms. The summed E-state index contributed by atoms with van der Waals surface area (Å²) in [6.07, 6.45) is 3.23. The molecule has 1 unspecified atom stereocenters. The van der Waals surface area contributed by atoms with Crippen LogP contribution in [0, 0.1) is 11.2 Å². The summed E-state index contributed by atoms with van der Waals surface area (Å²) in [4.78, 5) is 15.1. The number of nitrogens with zero attached hydrogens (tertiary/aromatic N) is 1. The van der Waals surface area contributed by atoms with Crippen molar-refractivity contribution >= 4 is 6.09 Å². The van der Waals surface area contributed by atoms with Gasteiger partial charge in [-0.25, -0.2) is 9.18 Å². The number of halogens is 1. The minimum atomic E-state index is -0.560. The predicted molar refractivity (Wildman–Crippen MR) is 109 cm³/mol. The molecule has 2 aromatic carbocycles. The van der Waals surface area contributed by atoms with Crippen LogP contribution in [0.4, 0.5) is 9.18 Å². The molecule has 4 nitrogen and oxygen atoms in total. The lowest BCUT2D eigenvalue weighted by molar-refractivity contribution is -0.240. The normalized spacial score (nSPS) is 30.1. The highest BCUT2D eigenvalue weighted by Gasteiger charge is 2.72.